The molecule has 4 heteroatoms. The van der Waals surface area contributed by atoms with Crippen molar-refractivity contribution < 1.29 is 14.1 Å². The molecule has 74 valence electrons. The molecular weight excluding hydrogens is 168 g/mol. The van der Waals surface area contributed by atoms with Crippen molar-refractivity contribution >= 4 is 5.97 Å². The molecule has 0 fully saturated rings. The summed E-state index contributed by atoms with van der Waals surface area (Å²) in [6, 6.07) is 0. The van der Waals surface area contributed by atoms with Crippen LogP contribution in [-0.4, -0.2) is 17.6 Å². The normalized spacial score (nSPS) is 8.54. The van der Waals surface area contributed by atoms with E-state index in [1.165, 1.54) is 6.92 Å². The number of ether oxygens (including phenoxy) is 1. The molecule has 0 radical (unpaired) electrons. The summed E-state index contributed by atoms with van der Waals surface area (Å²) in [7, 11) is 1.97. The monoisotopic (exact) mass is 185 g/mol. The molecule has 0 aliphatic heterocycles. The molecule has 0 saturated carbocycles. The molecule has 1 heterocycles. The van der Waals surface area contributed by atoms with Gasteiger partial charge in [0, 0.05) is 6.92 Å². The Morgan fingerprint density at radius 3 is 2.46 bits per heavy atom. The van der Waals surface area contributed by atoms with Crippen LogP contribution in [0, 0.1) is 0 Å². The minimum atomic E-state index is -0.193. The van der Waals surface area contributed by atoms with Crippen LogP contribution in [0.2, 0.25) is 0 Å². The molecule has 0 saturated heterocycles. The molecule has 0 amide bonds. The molecule has 0 bridgehead atoms. The fourth-order valence-electron chi connectivity index (χ4n) is 0.610. The summed E-state index contributed by atoms with van der Waals surface area (Å²) in [6.07, 6.45) is 6.60. The van der Waals surface area contributed by atoms with Crippen LogP contribution in [0.15, 0.2) is 18.7 Å². The zero-order valence-corrected chi connectivity index (χ0v) is 8.41. The Labute approximate surface area is 78.5 Å². The molecule has 0 aliphatic carbocycles. The molecule has 0 aromatic carbocycles. The standard InChI is InChI=1S/C5H10O2.C4H6N2/c1-3-4-7-5(2)6;1-6-3-2-5-4-6/h3-4H2,1-2H3;2-4H,1H3/p+1. The number of esters is 1. The molecule has 1 aromatic rings. The summed E-state index contributed by atoms with van der Waals surface area (Å²) < 4.78 is 6.50. The first-order chi connectivity index (χ1) is 6.16. The SMILES string of the molecule is CCCOC(C)=O.C[n+]1cc[nH]c1. The lowest BCUT2D eigenvalue weighted by Gasteiger charge is -1.93. The second-order valence-corrected chi connectivity index (χ2v) is 2.62. The Kier molecular flexibility index (Phi) is 6.59. The summed E-state index contributed by atoms with van der Waals surface area (Å²) in [6.45, 7) is 3.92. The van der Waals surface area contributed by atoms with E-state index >= 15 is 0 Å². The number of carbonyl (C=O) groups excluding carboxylic acids is 1. The van der Waals surface area contributed by atoms with Gasteiger partial charge in [0.25, 0.3) is 0 Å². The number of carbonyl (C=O) groups is 1. The third-order valence-electron chi connectivity index (χ3n) is 1.19. The van der Waals surface area contributed by atoms with Gasteiger partial charge in [-0.1, -0.05) is 6.92 Å². The first-order valence-corrected chi connectivity index (χ1v) is 4.28. The van der Waals surface area contributed by atoms with E-state index in [2.05, 4.69) is 9.72 Å². The predicted molar refractivity (Wildman–Crippen MR) is 48.9 cm³/mol. The average molecular weight is 185 g/mol. The van der Waals surface area contributed by atoms with Crippen LogP contribution >= 0.6 is 0 Å². The molecule has 0 spiro atoms. The van der Waals surface area contributed by atoms with Crippen molar-refractivity contribution in [3.63, 3.8) is 0 Å². The highest BCUT2D eigenvalue weighted by molar-refractivity contribution is 5.65. The number of rotatable bonds is 2. The highest BCUT2D eigenvalue weighted by Crippen LogP contribution is 1.78. The minimum absolute atomic E-state index is 0.193. The molecule has 0 aliphatic rings. The lowest BCUT2D eigenvalue weighted by molar-refractivity contribution is -0.670. The van der Waals surface area contributed by atoms with Crippen LogP contribution in [0.25, 0.3) is 0 Å². The fraction of sp³-hybridized carbons (Fsp3) is 0.556. The van der Waals surface area contributed by atoms with Gasteiger partial charge in [0.05, 0.1) is 13.7 Å². The highest BCUT2D eigenvalue weighted by atomic mass is 16.5. The first kappa shape index (κ1) is 11.7. The van der Waals surface area contributed by atoms with Crippen LogP contribution < -0.4 is 4.57 Å². The van der Waals surface area contributed by atoms with Crippen molar-refractivity contribution in [1.29, 1.82) is 0 Å². The highest BCUT2D eigenvalue weighted by Gasteiger charge is 1.85. The van der Waals surface area contributed by atoms with Gasteiger partial charge in [-0.2, -0.15) is 0 Å². The van der Waals surface area contributed by atoms with Crippen LogP contribution in [0.1, 0.15) is 20.3 Å². The molecule has 13 heavy (non-hydrogen) atoms. The number of hydrogen-bond acceptors (Lipinski definition) is 2. The average Bonchev–Trinajstić information content (AvgIpc) is 2.53. The zero-order valence-electron chi connectivity index (χ0n) is 8.41. The van der Waals surface area contributed by atoms with Gasteiger partial charge in [-0.25, -0.2) is 4.57 Å². The smallest absolute Gasteiger partial charge is 0.302 e. The Hall–Kier alpha value is -1.32. The summed E-state index contributed by atoms with van der Waals surface area (Å²) in [4.78, 5) is 12.9. The van der Waals surface area contributed by atoms with Gasteiger partial charge < -0.3 is 4.74 Å². The summed E-state index contributed by atoms with van der Waals surface area (Å²) in [5.41, 5.74) is 0. The molecule has 1 rings (SSSR count). The Morgan fingerprint density at radius 1 is 1.62 bits per heavy atom. The van der Waals surface area contributed by atoms with Gasteiger partial charge in [-0.15, -0.1) is 0 Å². The van der Waals surface area contributed by atoms with Crippen LogP contribution in [-0.2, 0) is 16.6 Å². The molecule has 1 aromatic heterocycles. The number of imidazole rings is 1. The van der Waals surface area contributed by atoms with Gasteiger partial charge in [0.15, 0.2) is 0 Å². The van der Waals surface area contributed by atoms with E-state index in [9.17, 15) is 4.79 Å². The molecule has 0 atom stereocenters. The minimum Gasteiger partial charge on any atom is -0.466 e. The van der Waals surface area contributed by atoms with E-state index in [1.807, 2.05) is 37.3 Å². The van der Waals surface area contributed by atoms with Gasteiger partial charge >= 0.3 is 5.97 Å². The Balaban J connectivity index is 0.000000223. The van der Waals surface area contributed by atoms with Gasteiger partial charge in [-0.3, -0.25) is 9.78 Å². The molecule has 4 nitrogen and oxygen atoms in total. The van der Waals surface area contributed by atoms with E-state index in [0.717, 1.165) is 6.42 Å². The summed E-state index contributed by atoms with van der Waals surface area (Å²) in [5, 5.41) is 0. The number of aryl methyl sites for hydroxylation is 1. The van der Waals surface area contributed by atoms with Crippen LogP contribution in [0.4, 0.5) is 0 Å². The first-order valence-electron chi connectivity index (χ1n) is 4.28. The lowest BCUT2D eigenvalue weighted by Crippen LogP contribution is -2.22. The summed E-state index contributed by atoms with van der Waals surface area (Å²) >= 11 is 0. The van der Waals surface area contributed by atoms with Crippen LogP contribution in [0.5, 0.6) is 0 Å². The maximum absolute atomic E-state index is 9.98. The Morgan fingerprint density at radius 2 is 2.31 bits per heavy atom. The predicted octanol–water partition coefficient (Wildman–Crippen LogP) is 0.799. The van der Waals surface area contributed by atoms with Crippen molar-refractivity contribution in [3.8, 4) is 0 Å². The number of nitrogens with one attached hydrogen (secondary N) is 1. The van der Waals surface area contributed by atoms with Gasteiger partial charge in [0.2, 0.25) is 6.33 Å². The fourth-order valence-corrected chi connectivity index (χ4v) is 0.610. The summed E-state index contributed by atoms with van der Waals surface area (Å²) in [5.74, 6) is -0.193. The van der Waals surface area contributed by atoms with Crippen molar-refractivity contribution in [2.75, 3.05) is 6.61 Å². The van der Waals surface area contributed by atoms with E-state index in [1.54, 1.807) is 0 Å². The van der Waals surface area contributed by atoms with E-state index in [0.29, 0.717) is 6.61 Å². The second kappa shape index (κ2) is 7.34. The van der Waals surface area contributed by atoms with Crippen molar-refractivity contribution in [2.45, 2.75) is 20.3 Å². The number of nitrogens with zero attached hydrogens (tertiary/aromatic N) is 1. The van der Waals surface area contributed by atoms with Crippen molar-refractivity contribution in [2.24, 2.45) is 7.05 Å². The quantitative estimate of drug-likeness (QED) is 0.547. The second-order valence-electron chi connectivity index (χ2n) is 2.62. The van der Waals surface area contributed by atoms with Crippen molar-refractivity contribution in [1.82, 2.24) is 4.98 Å². The van der Waals surface area contributed by atoms with Gasteiger partial charge in [-0.05, 0) is 6.42 Å². The number of hydrogen-bond donors (Lipinski definition) is 1. The zero-order chi connectivity index (χ0) is 10.1. The maximum Gasteiger partial charge on any atom is 0.302 e. The maximum atomic E-state index is 9.98. The largest absolute Gasteiger partial charge is 0.466 e. The molecular formula is C9H17N2O2+. The third kappa shape index (κ3) is 8.59. The topological polar surface area (TPSA) is 46.0 Å². The van der Waals surface area contributed by atoms with Gasteiger partial charge in [0.1, 0.15) is 12.4 Å². The molecule has 0 unspecified atom stereocenters. The number of aromatic amines is 1. The van der Waals surface area contributed by atoms with Crippen molar-refractivity contribution in [3.05, 3.63) is 18.7 Å². The third-order valence-corrected chi connectivity index (χ3v) is 1.19. The number of aromatic nitrogens is 2. The van der Waals surface area contributed by atoms with E-state index in [4.69, 9.17) is 0 Å². The molecule has 1 N–H and O–H groups in total. The van der Waals surface area contributed by atoms with E-state index < -0.39 is 0 Å². The number of H-pyrrole nitrogens is 1. The lowest BCUT2D eigenvalue weighted by atomic mass is 10.5. The Bertz CT molecular complexity index is 220. The van der Waals surface area contributed by atoms with Crippen LogP contribution in [0.3, 0.4) is 0 Å². The van der Waals surface area contributed by atoms with E-state index in [-0.39, 0.29) is 5.97 Å².